The number of carboxylic acids is 1. The number of aliphatic hydroxyl groups is 1. The van der Waals surface area contributed by atoms with Gasteiger partial charge in [0.2, 0.25) is 35.4 Å². The summed E-state index contributed by atoms with van der Waals surface area (Å²) < 4.78 is 0. The molecule has 0 bridgehead atoms. The lowest BCUT2D eigenvalue weighted by molar-refractivity contribution is -0.144. The zero-order valence-corrected chi connectivity index (χ0v) is 24.6. The molecule has 0 fully saturated rings. The van der Waals surface area contributed by atoms with Gasteiger partial charge in [0.25, 0.3) is 0 Å². The van der Waals surface area contributed by atoms with Crippen molar-refractivity contribution in [1.29, 1.82) is 0 Å². The molecule has 0 aliphatic heterocycles. The highest BCUT2D eigenvalue weighted by atomic mass is 16.4. The first-order valence-electron chi connectivity index (χ1n) is 13.3. The Kier molecular flexibility index (Phi) is 16.2. The van der Waals surface area contributed by atoms with Gasteiger partial charge < -0.3 is 47.8 Å². The molecule has 10 N–H and O–H groups in total. The van der Waals surface area contributed by atoms with Crippen LogP contribution in [0.5, 0.6) is 0 Å². The van der Waals surface area contributed by atoms with Crippen molar-refractivity contribution >= 4 is 41.4 Å². The fourth-order valence-electron chi connectivity index (χ4n) is 3.32. The Balaban J connectivity index is 5.11. The minimum Gasteiger partial charge on any atom is -0.480 e. The Morgan fingerprint density at radius 1 is 0.659 bits per heavy atom. The second-order valence-electron chi connectivity index (χ2n) is 10.2. The number of carboxylic acid groups (broad SMARTS) is 1. The monoisotopic (exact) mass is 587 g/mol. The van der Waals surface area contributed by atoms with Crippen molar-refractivity contribution in [2.45, 2.75) is 91.2 Å². The van der Waals surface area contributed by atoms with Gasteiger partial charge in [0.15, 0.2) is 0 Å². The van der Waals surface area contributed by atoms with Crippen molar-refractivity contribution in [2.75, 3.05) is 13.1 Å². The van der Waals surface area contributed by atoms with Gasteiger partial charge in [-0.2, -0.15) is 0 Å². The van der Waals surface area contributed by atoms with E-state index >= 15 is 0 Å². The molecular weight excluding hydrogens is 542 g/mol. The zero-order valence-electron chi connectivity index (χ0n) is 24.6. The summed E-state index contributed by atoms with van der Waals surface area (Å²) in [5.74, 6) is -6.48. The predicted molar refractivity (Wildman–Crippen MR) is 147 cm³/mol. The van der Waals surface area contributed by atoms with E-state index in [0.29, 0.717) is 6.42 Å². The quantitative estimate of drug-likeness (QED) is 0.0818. The van der Waals surface area contributed by atoms with Gasteiger partial charge in [-0.15, -0.1) is 0 Å². The van der Waals surface area contributed by atoms with Gasteiger partial charge >= 0.3 is 5.97 Å². The molecule has 7 atom stereocenters. The summed E-state index contributed by atoms with van der Waals surface area (Å²) >= 11 is 0. The Hall–Kier alpha value is -3.79. The number of nitrogens with one attached hydrogen (secondary N) is 6. The third-order valence-corrected chi connectivity index (χ3v) is 6.14. The van der Waals surface area contributed by atoms with E-state index in [-0.39, 0.29) is 5.92 Å². The van der Waals surface area contributed by atoms with Crippen LogP contribution in [0.15, 0.2) is 0 Å². The summed E-state index contributed by atoms with van der Waals surface area (Å²) in [4.78, 5) is 85.4. The minimum absolute atomic E-state index is 0.373. The lowest BCUT2D eigenvalue weighted by Gasteiger charge is -2.26. The van der Waals surface area contributed by atoms with Crippen molar-refractivity contribution in [3.63, 3.8) is 0 Å². The van der Waals surface area contributed by atoms with E-state index in [1.807, 2.05) is 0 Å². The molecule has 0 aromatic carbocycles. The fraction of sp³-hybridized carbons (Fsp3) is 0.720. The highest BCUT2D eigenvalue weighted by Crippen LogP contribution is 2.08. The number of carbonyl (C=O) groups excluding carboxylic acids is 6. The summed E-state index contributed by atoms with van der Waals surface area (Å²) in [6.45, 7) is 9.61. The standard InChI is InChI=1S/C25H45N7O9/c1-8-12(4)19(30-16(34)9-27-22(37)14(6)29-21(36)13(5)26)23(38)28-10-17(35)31-20(15(7)33)24(39)32-18(11(2)3)25(40)41/h11-15,18-20,33H,8-10,26H2,1-7H3,(H,27,37)(H,28,38)(H,29,36)(H,30,34)(H,31,35)(H,32,39)(H,40,41)/t12-,13-,14-,15+,18-,19-,20-/m0/s1. The van der Waals surface area contributed by atoms with Gasteiger partial charge in [-0.25, -0.2) is 4.79 Å². The van der Waals surface area contributed by atoms with E-state index in [9.17, 15) is 43.8 Å². The van der Waals surface area contributed by atoms with E-state index in [2.05, 4.69) is 31.9 Å². The van der Waals surface area contributed by atoms with E-state index in [1.54, 1.807) is 27.7 Å². The first kappa shape index (κ1) is 37.2. The highest BCUT2D eigenvalue weighted by molar-refractivity contribution is 5.95. The lowest BCUT2D eigenvalue weighted by atomic mass is 9.98. The predicted octanol–water partition coefficient (Wildman–Crippen LogP) is -3.31. The van der Waals surface area contributed by atoms with Crippen LogP contribution in [-0.2, 0) is 33.6 Å². The second-order valence-corrected chi connectivity index (χ2v) is 10.2. The van der Waals surface area contributed by atoms with Crippen LogP contribution in [0.1, 0.15) is 54.9 Å². The number of carbonyl (C=O) groups is 7. The van der Waals surface area contributed by atoms with Crippen LogP contribution in [-0.4, -0.2) is 101 Å². The molecular formula is C25H45N7O9. The number of hydrogen-bond acceptors (Lipinski definition) is 9. The average molecular weight is 588 g/mol. The highest BCUT2D eigenvalue weighted by Gasteiger charge is 2.32. The van der Waals surface area contributed by atoms with Crippen molar-refractivity contribution in [1.82, 2.24) is 31.9 Å². The molecule has 0 aromatic rings. The summed E-state index contributed by atoms with van der Waals surface area (Å²) in [6.07, 6.45) is -0.907. The molecule has 0 unspecified atom stereocenters. The van der Waals surface area contributed by atoms with Crippen LogP contribution in [0.25, 0.3) is 0 Å². The van der Waals surface area contributed by atoms with Gasteiger partial charge in [0.1, 0.15) is 24.2 Å². The van der Waals surface area contributed by atoms with Crippen molar-refractivity contribution in [3.8, 4) is 0 Å². The van der Waals surface area contributed by atoms with Crippen LogP contribution in [0.3, 0.4) is 0 Å². The number of aliphatic hydroxyl groups excluding tert-OH is 1. The molecule has 0 saturated heterocycles. The molecule has 0 heterocycles. The number of aliphatic carboxylic acids is 1. The summed E-state index contributed by atoms with van der Waals surface area (Å²) in [6, 6.07) is -5.60. The summed E-state index contributed by atoms with van der Waals surface area (Å²) in [5, 5.41) is 33.4. The summed E-state index contributed by atoms with van der Waals surface area (Å²) in [7, 11) is 0. The second kappa shape index (κ2) is 17.8. The Morgan fingerprint density at radius 3 is 1.56 bits per heavy atom. The van der Waals surface area contributed by atoms with Crippen LogP contribution in [0.4, 0.5) is 0 Å². The maximum Gasteiger partial charge on any atom is 0.326 e. The maximum atomic E-state index is 12.8. The molecule has 0 aliphatic rings. The van der Waals surface area contributed by atoms with Crippen molar-refractivity contribution < 1.29 is 43.8 Å². The van der Waals surface area contributed by atoms with Crippen molar-refractivity contribution in [3.05, 3.63) is 0 Å². The SMILES string of the molecule is CC[C@H](C)[C@H](NC(=O)CNC(=O)[C@H](C)NC(=O)[C@H](C)N)C(=O)NCC(=O)N[C@H](C(=O)N[C@H](C(=O)O)C(C)C)[C@@H](C)O. The smallest absolute Gasteiger partial charge is 0.326 e. The van der Waals surface area contributed by atoms with Gasteiger partial charge in [-0.3, -0.25) is 28.8 Å². The largest absolute Gasteiger partial charge is 0.480 e. The summed E-state index contributed by atoms with van der Waals surface area (Å²) in [5.41, 5.74) is 5.44. The lowest BCUT2D eigenvalue weighted by Crippen LogP contribution is -2.58. The molecule has 16 nitrogen and oxygen atoms in total. The normalized spacial score (nSPS) is 16.0. The molecule has 16 heteroatoms. The van der Waals surface area contributed by atoms with Gasteiger partial charge in [0, 0.05) is 0 Å². The van der Waals surface area contributed by atoms with Crippen LogP contribution < -0.4 is 37.6 Å². The Morgan fingerprint density at radius 2 is 1.15 bits per heavy atom. The molecule has 0 saturated carbocycles. The van der Waals surface area contributed by atoms with Crippen LogP contribution >= 0.6 is 0 Å². The minimum atomic E-state index is -1.49. The topological polar surface area (TPSA) is 258 Å². The molecule has 0 radical (unpaired) electrons. The molecule has 0 spiro atoms. The fourth-order valence-corrected chi connectivity index (χ4v) is 3.32. The number of nitrogens with two attached hydrogens (primary N) is 1. The molecule has 41 heavy (non-hydrogen) atoms. The van der Waals surface area contributed by atoms with E-state index in [0.717, 1.165) is 0 Å². The molecule has 0 aliphatic carbocycles. The van der Waals surface area contributed by atoms with Crippen LogP contribution in [0, 0.1) is 11.8 Å². The number of amides is 6. The average Bonchev–Trinajstić information content (AvgIpc) is 2.88. The maximum absolute atomic E-state index is 12.8. The first-order chi connectivity index (χ1) is 18.9. The number of rotatable bonds is 17. The van der Waals surface area contributed by atoms with E-state index in [4.69, 9.17) is 5.73 Å². The third kappa shape index (κ3) is 13.4. The number of hydrogen-bond donors (Lipinski definition) is 9. The molecule has 6 amide bonds. The Bertz CT molecular complexity index is 956. The Labute approximate surface area is 239 Å². The third-order valence-electron chi connectivity index (χ3n) is 6.14. The van der Waals surface area contributed by atoms with Gasteiger partial charge in [0.05, 0.1) is 25.2 Å². The van der Waals surface area contributed by atoms with Gasteiger partial charge in [-0.1, -0.05) is 34.1 Å². The van der Waals surface area contributed by atoms with E-state index < -0.39 is 96.7 Å². The molecule has 0 rings (SSSR count). The van der Waals surface area contributed by atoms with Gasteiger partial charge in [-0.05, 0) is 32.6 Å². The molecule has 234 valence electrons. The first-order valence-corrected chi connectivity index (χ1v) is 13.3. The van der Waals surface area contributed by atoms with E-state index in [1.165, 1.54) is 20.8 Å². The molecule has 0 aromatic heterocycles. The van der Waals surface area contributed by atoms with Crippen LogP contribution in [0.2, 0.25) is 0 Å². The van der Waals surface area contributed by atoms with Crippen molar-refractivity contribution in [2.24, 2.45) is 17.6 Å². The zero-order chi connectivity index (χ0) is 32.0.